The van der Waals surface area contributed by atoms with Crippen LogP contribution in [0.3, 0.4) is 0 Å². The van der Waals surface area contributed by atoms with Gasteiger partial charge in [-0.05, 0) is 10.8 Å². The van der Waals surface area contributed by atoms with Crippen molar-refractivity contribution in [3.63, 3.8) is 0 Å². The highest BCUT2D eigenvalue weighted by molar-refractivity contribution is 8.04. The molecule has 0 aliphatic carbocycles. The van der Waals surface area contributed by atoms with Crippen LogP contribution >= 0.6 is 11.8 Å². The summed E-state index contributed by atoms with van der Waals surface area (Å²) >= 11 is 1.37. The number of carbonyl (C=O) groups excluding carboxylic acids is 2. The third kappa shape index (κ3) is 9.08. The third-order valence-corrected chi connectivity index (χ3v) is 2.01. The van der Waals surface area contributed by atoms with Gasteiger partial charge in [-0.25, -0.2) is 0 Å². The lowest BCUT2D eigenvalue weighted by Gasteiger charge is -1.94. The van der Waals surface area contributed by atoms with E-state index >= 15 is 0 Å². The lowest BCUT2D eigenvalue weighted by molar-refractivity contribution is -0.120. The highest BCUT2D eigenvalue weighted by Gasteiger charge is 1.90. The molecule has 0 spiro atoms. The molecule has 0 saturated heterocycles. The van der Waals surface area contributed by atoms with E-state index in [0.29, 0.717) is 12.8 Å². The van der Waals surface area contributed by atoms with Crippen molar-refractivity contribution in [2.45, 2.75) is 26.7 Å². The van der Waals surface area contributed by atoms with Gasteiger partial charge in [0.25, 0.3) is 0 Å². The zero-order valence-electron chi connectivity index (χ0n) is 8.95. The number of hydrogen-bond acceptors (Lipinski definition) is 3. The summed E-state index contributed by atoms with van der Waals surface area (Å²) in [5.41, 5.74) is 0. The molecule has 0 aromatic heterocycles. The molecular weight excluding hydrogens is 212 g/mol. The number of amides is 2. The van der Waals surface area contributed by atoms with Crippen LogP contribution < -0.4 is 10.6 Å². The van der Waals surface area contributed by atoms with Crippen LogP contribution in [0.4, 0.5) is 0 Å². The molecule has 2 N–H and O–H groups in total. The minimum atomic E-state index is -0.0184. The summed E-state index contributed by atoms with van der Waals surface area (Å²) in [5, 5.41) is 8.61. The van der Waals surface area contributed by atoms with E-state index < -0.39 is 0 Å². The van der Waals surface area contributed by atoms with Gasteiger partial charge in [-0.1, -0.05) is 13.8 Å². The molecule has 0 aromatic carbocycles. The van der Waals surface area contributed by atoms with Crippen LogP contribution in [0.25, 0.3) is 0 Å². The minimum Gasteiger partial charge on any atom is -0.332 e. The molecule has 0 fully saturated rings. The first kappa shape index (κ1) is 13.8. The average molecular weight is 228 g/mol. The Kier molecular flexibility index (Phi) is 8.56. The van der Waals surface area contributed by atoms with Crippen molar-refractivity contribution in [2.24, 2.45) is 0 Å². The minimum absolute atomic E-state index is 0.0184. The second-order valence-corrected chi connectivity index (χ2v) is 3.40. The van der Waals surface area contributed by atoms with Crippen LogP contribution in [-0.2, 0) is 9.59 Å². The Hall–Kier alpha value is -1.23. The molecule has 0 bridgehead atoms. The quantitative estimate of drug-likeness (QED) is 0.727. The third-order valence-electron chi connectivity index (χ3n) is 1.42. The van der Waals surface area contributed by atoms with E-state index in [1.807, 2.05) is 0 Å². The van der Waals surface area contributed by atoms with E-state index in [2.05, 4.69) is 10.6 Å². The fourth-order valence-corrected chi connectivity index (χ4v) is 0.966. The van der Waals surface area contributed by atoms with E-state index in [-0.39, 0.29) is 11.8 Å². The zero-order chi connectivity index (χ0) is 11.5. The van der Waals surface area contributed by atoms with E-state index in [0.717, 1.165) is 0 Å². The molecule has 0 unspecified atom stereocenters. The zero-order valence-corrected chi connectivity index (χ0v) is 9.76. The first-order chi connectivity index (χ1) is 7.20. The molecule has 0 atom stereocenters. The van der Waals surface area contributed by atoms with Crippen molar-refractivity contribution in [3.8, 4) is 0 Å². The maximum atomic E-state index is 10.8. The highest BCUT2D eigenvalue weighted by Crippen LogP contribution is 2.01. The summed E-state index contributed by atoms with van der Waals surface area (Å²) < 4.78 is 0. The fourth-order valence-electron chi connectivity index (χ4n) is 0.582. The van der Waals surface area contributed by atoms with Crippen molar-refractivity contribution in [2.75, 3.05) is 0 Å². The SMILES string of the molecule is CCC(=O)NC=CSC=CNC(=O)CC. The molecule has 0 heterocycles. The van der Waals surface area contributed by atoms with Gasteiger partial charge in [0.15, 0.2) is 0 Å². The van der Waals surface area contributed by atoms with E-state index in [9.17, 15) is 9.59 Å². The molecule has 84 valence electrons. The van der Waals surface area contributed by atoms with Gasteiger partial charge in [-0.15, -0.1) is 11.8 Å². The smallest absolute Gasteiger partial charge is 0.223 e. The molecule has 0 aliphatic rings. The summed E-state index contributed by atoms with van der Waals surface area (Å²) in [4.78, 5) is 21.6. The van der Waals surface area contributed by atoms with E-state index in [1.54, 1.807) is 37.1 Å². The molecule has 0 radical (unpaired) electrons. The van der Waals surface area contributed by atoms with Crippen LogP contribution in [0.1, 0.15) is 26.7 Å². The molecule has 2 amide bonds. The van der Waals surface area contributed by atoms with Gasteiger partial charge < -0.3 is 10.6 Å². The molecule has 0 rings (SSSR count). The summed E-state index contributed by atoms with van der Waals surface area (Å²) in [7, 11) is 0. The predicted molar refractivity (Wildman–Crippen MR) is 62.7 cm³/mol. The number of carbonyl (C=O) groups is 2. The Morgan fingerprint density at radius 1 is 1.00 bits per heavy atom. The Morgan fingerprint density at radius 3 is 1.73 bits per heavy atom. The standard InChI is InChI=1S/C10H16N2O2S/c1-3-9(13)11-5-7-15-8-6-12-10(14)4-2/h5-8H,3-4H2,1-2H3,(H,11,13)(H,12,14). The number of hydrogen-bond donors (Lipinski definition) is 2. The van der Waals surface area contributed by atoms with Gasteiger partial charge >= 0.3 is 0 Å². The summed E-state index contributed by atoms with van der Waals surface area (Å²) in [6, 6.07) is 0. The Balaban J connectivity index is 3.52. The van der Waals surface area contributed by atoms with Crippen molar-refractivity contribution >= 4 is 23.6 Å². The molecular formula is C10H16N2O2S. The topological polar surface area (TPSA) is 58.2 Å². The van der Waals surface area contributed by atoms with Gasteiger partial charge in [0.1, 0.15) is 0 Å². The normalized spacial score (nSPS) is 10.8. The first-order valence-electron chi connectivity index (χ1n) is 4.74. The molecule has 15 heavy (non-hydrogen) atoms. The van der Waals surface area contributed by atoms with Crippen LogP contribution in [-0.4, -0.2) is 11.8 Å². The molecule has 0 saturated carbocycles. The summed E-state index contributed by atoms with van der Waals surface area (Å²) in [6.07, 6.45) is 4.08. The number of thioether (sulfide) groups is 1. The lowest BCUT2D eigenvalue weighted by atomic mass is 10.5. The van der Waals surface area contributed by atoms with Crippen molar-refractivity contribution in [1.82, 2.24) is 10.6 Å². The highest BCUT2D eigenvalue weighted by atomic mass is 32.2. The van der Waals surface area contributed by atoms with Gasteiger partial charge in [-0.2, -0.15) is 0 Å². The van der Waals surface area contributed by atoms with Gasteiger partial charge in [0, 0.05) is 25.2 Å². The molecule has 4 nitrogen and oxygen atoms in total. The maximum Gasteiger partial charge on any atom is 0.223 e. The second kappa shape index (κ2) is 9.33. The monoisotopic (exact) mass is 228 g/mol. The maximum absolute atomic E-state index is 10.8. The van der Waals surface area contributed by atoms with Crippen LogP contribution in [0.5, 0.6) is 0 Å². The largest absolute Gasteiger partial charge is 0.332 e. The van der Waals surface area contributed by atoms with Crippen LogP contribution in [0.2, 0.25) is 0 Å². The van der Waals surface area contributed by atoms with E-state index in [4.69, 9.17) is 0 Å². The van der Waals surface area contributed by atoms with Crippen LogP contribution in [0, 0.1) is 0 Å². The Morgan fingerprint density at radius 2 is 1.40 bits per heavy atom. The van der Waals surface area contributed by atoms with E-state index in [1.165, 1.54) is 11.8 Å². The summed E-state index contributed by atoms with van der Waals surface area (Å²) in [5.74, 6) is -0.0368. The Bertz CT molecular complexity index is 236. The molecule has 0 aromatic rings. The Labute approximate surface area is 94.2 Å². The van der Waals surface area contributed by atoms with Gasteiger partial charge in [0.05, 0.1) is 0 Å². The molecule has 5 heteroatoms. The first-order valence-corrected chi connectivity index (χ1v) is 5.69. The van der Waals surface area contributed by atoms with Crippen LogP contribution in [0.15, 0.2) is 23.2 Å². The fraction of sp³-hybridized carbons (Fsp3) is 0.400. The van der Waals surface area contributed by atoms with Gasteiger partial charge in [0.2, 0.25) is 11.8 Å². The van der Waals surface area contributed by atoms with Crippen molar-refractivity contribution < 1.29 is 9.59 Å². The lowest BCUT2D eigenvalue weighted by Crippen LogP contribution is -2.14. The number of rotatable bonds is 6. The van der Waals surface area contributed by atoms with Gasteiger partial charge in [-0.3, -0.25) is 9.59 Å². The second-order valence-electron chi connectivity index (χ2n) is 2.58. The predicted octanol–water partition coefficient (Wildman–Crippen LogP) is 1.71. The van der Waals surface area contributed by atoms with Crippen molar-refractivity contribution in [1.29, 1.82) is 0 Å². The average Bonchev–Trinajstić information content (AvgIpc) is 2.26. The van der Waals surface area contributed by atoms with Crippen molar-refractivity contribution in [3.05, 3.63) is 23.2 Å². The summed E-state index contributed by atoms with van der Waals surface area (Å²) in [6.45, 7) is 3.58. The number of nitrogens with one attached hydrogen (secondary N) is 2. The molecule has 0 aliphatic heterocycles.